The molecule has 3 rings (SSSR count). The predicted molar refractivity (Wildman–Crippen MR) is 109 cm³/mol. The third-order valence-electron chi connectivity index (χ3n) is 4.32. The van der Waals surface area contributed by atoms with Crippen LogP contribution in [0.25, 0.3) is 11.5 Å². The molecule has 0 spiro atoms. The van der Waals surface area contributed by atoms with Crippen LogP contribution in [0.1, 0.15) is 23.9 Å². The largest absolute Gasteiger partial charge is 0.493 e. The minimum Gasteiger partial charge on any atom is -0.493 e. The first-order valence-corrected chi connectivity index (χ1v) is 9.60. The van der Waals surface area contributed by atoms with Crippen molar-refractivity contribution in [3.8, 4) is 23.0 Å². The molecule has 1 aromatic heterocycles. The van der Waals surface area contributed by atoms with E-state index in [2.05, 4.69) is 4.98 Å². The van der Waals surface area contributed by atoms with E-state index in [0.717, 1.165) is 28.3 Å². The summed E-state index contributed by atoms with van der Waals surface area (Å²) in [5.41, 5.74) is 2.72. The Morgan fingerprint density at radius 3 is 2.59 bits per heavy atom. The molecule has 3 aromatic rings. The molecule has 0 bridgehead atoms. The molecular formula is C23H25NO5. The molecule has 6 heteroatoms. The number of ether oxygens (including phenoxy) is 3. The maximum atomic E-state index is 11.4. The first-order chi connectivity index (χ1) is 14.1. The maximum absolute atomic E-state index is 11.4. The molecule has 0 aliphatic heterocycles. The fourth-order valence-electron chi connectivity index (χ4n) is 2.84. The number of carbonyl (C=O) groups excluding carboxylic acids is 1. The lowest BCUT2D eigenvalue weighted by Gasteiger charge is -2.11. The van der Waals surface area contributed by atoms with Gasteiger partial charge in [0, 0.05) is 12.0 Å². The lowest BCUT2D eigenvalue weighted by Crippen LogP contribution is -2.15. The summed E-state index contributed by atoms with van der Waals surface area (Å²) in [6.45, 7) is 6.29. The zero-order valence-electron chi connectivity index (χ0n) is 16.9. The van der Waals surface area contributed by atoms with Crippen molar-refractivity contribution in [1.29, 1.82) is 0 Å². The van der Waals surface area contributed by atoms with Crippen LogP contribution in [0.2, 0.25) is 0 Å². The Morgan fingerprint density at radius 1 is 1.07 bits per heavy atom. The summed E-state index contributed by atoms with van der Waals surface area (Å²) in [6.07, 6.45) is 0.641. The summed E-state index contributed by atoms with van der Waals surface area (Å²) in [6, 6.07) is 15.3. The van der Waals surface area contributed by atoms with E-state index < -0.39 is 0 Å². The van der Waals surface area contributed by atoms with Crippen LogP contribution in [-0.2, 0) is 16.0 Å². The van der Waals surface area contributed by atoms with Crippen LogP contribution < -0.4 is 9.47 Å². The van der Waals surface area contributed by atoms with Gasteiger partial charge in [0.15, 0.2) is 6.61 Å². The van der Waals surface area contributed by atoms with E-state index in [-0.39, 0.29) is 12.6 Å². The van der Waals surface area contributed by atoms with Gasteiger partial charge in [0.1, 0.15) is 17.3 Å². The first kappa shape index (κ1) is 20.5. The molecule has 0 radical (unpaired) electrons. The number of hydrogen-bond acceptors (Lipinski definition) is 6. The number of oxazole rings is 1. The molecule has 2 aromatic carbocycles. The molecule has 0 aliphatic rings. The maximum Gasteiger partial charge on any atom is 0.344 e. The fraction of sp³-hybridized carbons (Fsp3) is 0.304. The zero-order valence-corrected chi connectivity index (χ0v) is 16.9. The second kappa shape index (κ2) is 9.78. The fourth-order valence-corrected chi connectivity index (χ4v) is 2.84. The Hall–Kier alpha value is -3.28. The molecule has 0 aliphatic carbocycles. The van der Waals surface area contributed by atoms with E-state index in [1.165, 1.54) is 0 Å². The van der Waals surface area contributed by atoms with Gasteiger partial charge in [-0.2, -0.15) is 0 Å². The van der Waals surface area contributed by atoms with Gasteiger partial charge in [-0.15, -0.1) is 0 Å². The monoisotopic (exact) mass is 395 g/mol. The second-order valence-electron chi connectivity index (χ2n) is 6.51. The van der Waals surface area contributed by atoms with Gasteiger partial charge in [-0.1, -0.05) is 18.2 Å². The number of hydrogen-bond donors (Lipinski definition) is 0. The second-order valence-corrected chi connectivity index (χ2v) is 6.51. The zero-order chi connectivity index (χ0) is 20.6. The van der Waals surface area contributed by atoms with Crippen molar-refractivity contribution in [3.63, 3.8) is 0 Å². The molecule has 0 saturated carbocycles. The molecule has 0 amide bonds. The van der Waals surface area contributed by atoms with Gasteiger partial charge in [-0.05, 0) is 56.7 Å². The van der Waals surface area contributed by atoms with Gasteiger partial charge in [0.2, 0.25) is 5.89 Å². The summed E-state index contributed by atoms with van der Waals surface area (Å²) >= 11 is 0. The summed E-state index contributed by atoms with van der Waals surface area (Å²) in [4.78, 5) is 16.0. The van der Waals surface area contributed by atoms with Crippen LogP contribution in [0.3, 0.4) is 0 Å². The van der Waals surface area contributed by atoms with E-state index >= 15 is 0 Å². The highest BCUT2D eigenvalue weighted by molar-refractivity contribution is 5.71. The van der Waals surface area contributed by atoms with Crippen LogP contribution in [0.5, 0.6) is 11.5 Å². The van der Waals surface area contributed by atoms with Gasteiger partial charge in [-0.25, -0.2) is 9.78 Å². The van der Waals surface area contributed by atoms with Crippen LogP contribution in [0, 0.1) is 13.8 Å². The van der Waals surface area contributed by atoms with Gasteiger partial charge < -0.3 is 18.6 Å². The minimum absolute atomic E-state index is 0.107. The number of rotatable bonds is 9. The van der Waals surface area contributed by atoms with Crippen molar-refractivity contribution in [1.82, 2.24) is 4.98 Å². The van der Waals surface area contributed by atoms with Crippen molar-refractivity contribution in [2.45, 2.75) is 27.2 Å². The van der Waals surface area contributed by atoms with E-state index in [1.807, 2.05) is 56.3 Å². The Kier molecular flexibility index (Phi) is 6.89. The molecule has 0 N–H and O–H groups in total. The van der Waals surface area contributed by atoms with Crippen molar-refractivity contribution >= 4 is 5.97 Å². The highest BCUT2D eigenvalue weighted by atomic mass is 16.6. The standard InChI is InChI=1S/C23H25NO5/c1-4-26-22(25)15-28-21-11-10-19(14-16(21)2)27-13-12-20-17(3)29-23(24-20)18-8-6-5-7-9-18/h5-11,14H,4,12-13,15H2,1-3H3. The van der Waals surface area contributed by atoms with Crippen LogP contribution in [0.4, 0.5) is 0 Å². The molecule has 0 atom stereocenters. The van der Waals surface area contributed by atoms with Crippen molar-refractivity contribution in [3.05, 3.63) is 65.5 Å². The number of nitrogens with zero attached hydrogens (tertiary/aromatic N) is 1. The Bertz CT molecular complexity index is 949. The van der Waals surface area contributed by atoms with E-state index in [9.17, 15) is 4.79 Å². The molecule has 1 heterocycles. The quantitative estimate of drug-likeness (QED) is 0.496. The number of aromatic nitrogens is 1. The lowest BCUT2D eigenvalue weighted by molar-refractivity contribution is -0.145. The van der Waals surface area contributed by atoms with Gasteiger partial charge in [-0.3, -0.25) is 0 Å². The minimum atomic E-state index is -0.384. The third kappa shape index (κ3) is 5.60. The number of benzene rings is 2. The van der Waals surface area contributed by atoms with Crippen LogP contribution >= 0.6 is 0 Å². The highest BCUT2D eigenvalue weighted by Crippen LogP contribution is 2.24. The lowest BCUT2D eigenvalue weighted by atomic mass is 10.2. The Balaban J connectivity index is 1.54. The van der Waals surface area contributed by atoms with Gasteiger partial charge in [0.05, 0.1) is 18.9 Å². The van der Waals surface area contributed by atoms with E-state index in [1.54, 1.807) is 13.0 Å². The normalized spacial score (nSPS) is 10.6. The molecule has 152 valence electrons. The molecule has 0 saturated heterocycles. The van der Waals surface area contributed by atoms with Gasteiger partial charge >= 0.3 is 5.97 Å². The average molecular weight is 395 g/mol. The smallest absolute Gasteiger partial charge is 0.344 e. The van der Waals surface area contributed by atoms with Crippen molar-refractivity contribution in [2.24, 2.45) is 0 Å². The van der Waals surface area contributed by atoms with Crippen LogP contribution in [-0.4, -0.2) is 30.8 Å². The van der Waals surface area contributed by atoms with E-state index in [4.69, 9.17) is 18.6 Å². The number of carbonyl (C=O) groups is 1. The Labute approximate surface area is 170 Å². The molecule has 0 fully saturated rings. The summed E-state index contributed by atoms with van der Waals surface area (Å²) in [7, 11) is 0. The average Bonchev–Trinajstić information content (AvgIpc) is 3.09. The molecule has 6 nitrogen and oxygen atoms in total. The van der Waals surface area contributed by atoms with E-state index in [0.29, 0.717) is 31.3 Å². The first-order valence-electron chi connectivity index (χ1n) is 9.60. The summed E-state index contributed by atoms with van der Waals surface area (Å²) in [5.74, 6) is 2.40. The van der Waals surface area contributed by atoms with Gasteiger partial charge in [0.25, 0.3) is 0 Å². The van der Waals surface area contributed by atoms with Crippen molar-refractivity contribution in [2.75, 3.05) is 19.8 Å². The molecule has 0 unspecified atom stereocenters. The van der Waals surface area contributed by atoms with Crippen molar-refractivity contribution < 1.29 is 23.4 Å². The number of esters is 1. The highest BCUT2D eigenvalue weighted by Gasteiger charge is 2.12. The Morgan fingerprint density at radius 2 is 1.86 bits per heavy atom. The third-order valence-corrected chi connectivity index (χ3v) is 4.32. The van der Waals surface area contributed by atoms with Crippen LogP contribution in [0.15, 0.2) is 52.9 Å². The SMILES string of the molecule is CCOC(=O)COc1ccc(OCCc2nc(-c3ccccc3)oc2C)cc1C. The predicted octanol–water partition coefficient (Wildman–Crippen LogP) is 4.52. The summed E-state index contributed by atoms with van der Waals surface area (Å²) in [5, 5.41) is 0. The molecular weight excluding hydrogens is 370 g/mol. The topological polar surface area (TPSA) is 70.8 Å². The number of aryl methyl sites for hydroxylation is 2. The summed E-state index contributed by atoms with van der Waals surface area (Å²) < 4.78 is 22.0. The molecule has 29 heavy (non-hydrogen) atoms.